The zero-order chi connectivity index (χ0) is 15.6. The minimum Gasteiger partial charge on any atom is -0.480 e. The van der Waals surface area contributed by atoms with Gasteiger partial charge in [0.1, 0.15) is 6.04 Å². The van der Waals surface area contributed by atoms with Gasteiger partial charge >= 0.3 is 5.97 Å². The number of carboxylic acids is 1. The molecule has 1 atom stereocenters. The summed E-state index contributed by atoms with van der Waals surface area (Å²) in [7, 11) is -3.77. The second-order valence-corrected chi connectivity index (χ2v) is 7.19. The van der Waals surface area contributed by atoms with Crippen molar-refractivity contribution in [3.8, 4) is 0 Å². The largest absolute Gasteiger partial charge is 0.480 e. The molecule has 0 spiro atoms. The van der Waals surface area contributed by atoms with E-state index in [0.717, 1.165) is 37.3 Å². The van der Waals surface area contributed by atoms with Crippen molar-refractivity contribution in [2.24, 2.45) is 0 Å². The first kappa shape index (κ1) is 15.5. The SMILES string of the molecule is CC(=O)NC(CS(=O)(=O)c1ccc2c(c1)CCC2)C(=O)O. The van der Waals surface area contributed by atoms with Gasteiger partial charge in [-0.2, -0.15) is 0 Å². The highest BCUT2D eigenvalue weighted by Crippen LogP contribution is 2.25. The van der Waals surface area contributed by atoms with Crippen LogP contribution in [0.3, 0.4) is 0 Å². The molecule has 1 aromatic carbocycles. The number of carbonyl (C=O) groups is 2. The van der Waals surface area contributed by atoms with E-state index in [0.29, 0.717) is 0 Å². The molecule has 0 fully saturated rings. The topological polar surface area (TPSA) is 101 Å². The van der Waals surface area contributed by atoms with Gasteiger partial charge in [0.15, 0.2) is 9.84 Å². The van der Waals surface area contributed by atoms with Crippen LogP contribution in [-0.4, -0.2) is 37.2 Å². The van der Waals surface area contributed by atoms with Gasteiger partial charge in [0.05, 0.1) is 10.6 Å². The van der Waals surface area contributed by atoms with Crippen LogP contribution in [0.25, 0.3) is 0 Å². The van der Waals surface area contributed by atoms with Crippen molar-refractivity contribution in [2.45, 2.75) is 37.1 Å². The quantitative estimate of drug-likeness (QED) is 0.826. The Bertz CT molecular complexity index is 681. The lowest BCUT2D eigenvalue weighted by Gasteiger charge is -2.14. The number of rotatable bonds is 5. The molecule has 1 aliphatic carbocycles. The first-order chi connectivity index (χ1) is 9.79. The summed E-state index contributed by atoms with van der Waals surface area (Å²) in [5.74, 6) is -2.60. The summed E-state index contributed by atoms with van der Waals surface area (Å²) >= 11 is 0. The molecule has 1 aliphatic rings. The minimum absolute atomic E-state index is 0.111. The fourth-order valence-electron chi connectivity index (χ4n) is 2.48. The van der Waals surface area contributed by atoms with Gasteiger partial charge in [-0.05, 0) is 42.5 Å². The predicted molar refractivity (Wildman–Crippen MR) is 75.8 cm³/mol. The van der Waals surface area contributed by atoms with Crippen LogP contribution in [0, 0.1) is 0 Å². The van der Waals surface area contributed by atoms with Crippen molar-refractivity contribution in [3.05, 3.63) is 29.3 Å². The van der Waals surface area contributed by atoms with E-state index >= 15 is 0 Å². The van der Waals surface area contributed by atoms with Crippen LogP contribution in [0.5, 0.6) is 0 Å². The summed E-state index contributed by atoms with van der Waals surface area (Å²) in [5, 5.41) is 11.1. The predicted octanol–water partition coefficient (Wildman–Crippen LogP) is 0.538. The number of benzene rings is 1. The Morgan fingerprint density at radius 2 is 1.95 bits per heavy atom. The molecule has 0 saturated heterocycles. The molecule has 1 unspecified atom stereocenters. The Balaban J connectivity index is 2.24. The normalized spacial score (nSPS) is 15.3. The van der Waals surface area contributed by atoms with E-state index in [9.17, 15) is 18.0 Å². The lowest BCUT2D eigenvalue weighted by Crippen LogP contribution is -2.44. The second kappa shape index (κ2) is 5.85. The van der Waals surface area contributed by atoms with Crippen LogP contribution in [0.4, 0.5) is 0 Å². The molecular formula is C14H17NO5S. The average Bonchev–Trinajstić information content (AvgIpc) is 2.84. The zero-order valence-corrected chi connectivity index (χ0v) is 12.4. The Morgan fingerprint density at radius 1 is 1.29 bits per heavy atom. The molecule has 1 aromatic rings. The number of hydrogen-bond acceptors (Lipinski definition) is 4. The van der Waals surface area contributed by atoms with Crippen LogP contribution >= 0.6 is 0 Å². The number of carbonyl (C=O) groups excluding carboxylic acids is 1. The minimum atomic E-state index is -3.77. The second-order valence-electron chi connectivity index (χ2n) is 5.16. The van der Waals surface area contributed by atoms with Crippen molar-refractivity contribution in [2.75, 3.05) is 5.75 Å². The molecular weight excluding hydrogens is 294 g/mol. The molecule has 1 amide bonds. The van der Waals surface area contributed by atoms with E-state index in [1.54, 1.807) is 12.1 Å². The maximum Gasteiger partial charge on any atom is 0.327 e. The first-order valence-corrected chi connectivity index (χ1v) is 8.29. The van der Waals surface area contributed by atoms with Crippen molar-refractivity contribution < 1.29 is 23.1 Å². The maximum absolute atomic E-state index is 12.3. The molecule has 0 aromatic heterocycles. The van der Waals surface area contributed by atoms with Gasteiger partial charge < -0.3 is 10.4 Å². The summed E-state index contributed by atoms with van der Waals surface area (Å²) in [6.45, 7) is 1.15. The van der Waals surface area contributed by atoms with Crippen LogP contribution in [0.1, 0.15) is 24.5 Å². The van der Waals surface area contributed by atoms with Crippen LogP contribution in [-0.2, 0) is 32.3 Å². The molecule has 0 bridgehead atoms. The highest BCUT2D eigenvalue weighted by atomic mass is 32.2. The summed E-state index contributed by atoms with van der Waals surface area (Å²) in [4.78, 5) is 22.1. The van der Waals surface area contributed by atoms with Gasteiger partial charge in [0.25, 0.3) is 0 Å². The number of nitrogens with one attached hydrogen (secondary N) is 1. The maximum atomic E-state index is 12.3. The highest BCUT2D eigenvalue weighted by molar-refractivity contribution is 7.91. The molecule has 0 aliphatic heterocycles. The Labute approximate surface area is 123 Å². The van der Waals surface area contributed by atoms with Gasteiger partial charge in [-0.25, -0.2) is 13.2 Å². The number of aliphatic carboxylic acids is 1. The van der Waals surface area contributed by atoms with Crippen LogP contribution < -0.4 is 5.32 Å². The number of hydrogen-bond donors (Lipinski definition) is 2. The first-order valence-electron chi connectivity index (χ1n) is 6.64. The highest BCUT2D eigenvalue weighted by Gasteiger charge is 2.28. The van der Waals surface area contributed by atoms with Crippen molar-refractivity contribution in [3.63, 3.8) is 0 Å². The molecule has 6 nitrogen and oxygen atoms in total. The van der Waals surface area contributed by atoms with Crippen molar-refractivity contribution in [1.82, 2.24) is 5.32 Å². The molecule has 114 valence electrons. The lowest BCUT2D eigenvalue weighted by atomic mass is 10.1. The lowest BCUT2D eigenvalue weighted by molar-refractivity contribution is -0.140. The summed E-state index contributed by atoms with van der Waals surface area (Å²) in [6, 6.07) is 3.46. The summed E-state index contributed by atoms with van der Waals surface area (Å²) in [5.41, 5.74) is 2.15. The van der Waals surface area contributed by atoms with Gasteiger partial charge in [0.2, 0.25) is 5.91 Å². The fourth-order valence-corrected chi connectivity index (χ4v) is 3.93. The van der Waals surface area contributed by atoms with Crippen molar-refractivity contribution in [1.29, 1.82) is 0 Å². The summed E-state index contributed by atoms with van der Waals surface area (Å²) in [6.07, 6.45) is 2.79. The number of carboxylic acid groups (broad SMARTS) is 1. The fraction of sp³-hybridized carbons (Fsp3) is 0.429. The third-order valence-electron chi connectivity index (χ3n) is 3.49. The van der Waals surface area contributed by atoms with Crippen LogP contribution in [0.2, 0.25) is 0 Å². The zero-order valence-electron chi connectivity index (χ0n) is 11.6. The van der Waals surface area contributed by atoms with E-state index in [1.165, 1.54) is 6.07 Å². The van der Waals surface area contributed by atoms with E-state index in [2.05, 4.69) is 5.32 Å². The third kappa shape index (κ3) is 3.60. The van der Waals surface area contributed by atoms with Gasteiger partial charge in [-0.3, -0.25) is 4.79 Å². The molecule has 0 heterocycles. The monoisotopic (exact) mass is 311 g/mol. The number of sulfone groups is 1. The van der Waals surface area contributed by atoms with E-state index in [4.69, 9.17) is 5.11 Å². The molecule has 2 rings (SSSR count). The van der Waals surface area contributed by atoms with E-state index < -0.39 is 33.5 Å². The number of amides is 1. The smallest absolute Gasteiger partial charge is 0.327 e. The average molecular weight is 311 g/mol. The van der Waals surface area contributed by atoms with Crippen molar-refractivity contribution >= 4 is 21.7 Å². The molecule has 7 heteroatoms. The Kier molecular flexibility index (Phi) is 4.32. The van der Waals surface area contributed by atoms with E-state index in [1.807, 2.05) is 0 Å². The van der Waals surface area contributed by atoms with Gasteiger partial charge in [0, 0.05) is 6.92 Å². The third-order valence-corrected chi connectivity index (χ3v) is 5.24. The standard InChI is InChI=1S/C14H17NO5S/c1-9(16)15-13(14(17)18)8-21(19,20)12-6-5-10-3-2-4-11(10)7-12/h5-7,13H,2-4,8H2,1H3,(H,15,16)(H,17,18). The number of aryl methyl sites for hydroxylation is 2. The molecule has 21 heavy (non-hydrogen) atoms. The van der Waals surface area contributed by atoms with Crippen LogP contribution in [0.15, 0.2) is 23.1 Å². The number of fused-ring (bicyclic) bond motifs is 1. The Hall–Kier alpha value is -1.89. The van der Waals surface area contributed by atoms with E-state index in [-0.39, 0.29) is 4.90 Å². The molecule has 0 saturated carbocycles. The molecule has 2 N–H and O–H groups in total. The molecule has 0 radical (unpaired) electrons. The van der Waals surface area contributed by atoms with Gasteiger partial charge in [-0.1, -0.05) is 6.07 Å². The Morgan fingerprint density at radius 3 is 2.57 bits per heavy atom. The van der Waals surface area contributed by atoms with Gasteiger partial charge in [-0.15, -0.1) is 0 Å². The summed E-state index contributed by atoms with van der Waals surface area (Å²) < 4.78 is 24.6.